The lowest BCUT2D eigenvalue weighted by Gasteiger charge is -2.14. The summed E-state index contributed by atoms with van der Waals surface area (Å²) in [6, 6.07) is 4.70. The fourth-order valence-corrected chi connectivity index (χ4v) is 2.37. The van der Waals surface area contributed by atoms with Crippen molar-refractivity contribution >= 4 is 0 Å². The van der Waals surface area contributed by atoms with Gasteiger partial charge in [0.1, 0.15) is 17.2 Å². The van der Waals surface area contributed by atoms with Gasteiger partial charge in [-0.25, -0.2) is 4.39 Å². The Morgan fingerprint density at radius 1 is 1.20 bits per heavy atom. The van der Waals surface area contributed by atoms with Gasteiger partial charge >= 0.3 is 0 Å². The normalized spacial score (nSPS) is 20.9. The van der Waals surface area contributed by atoms with Gasteiger partial charge in [0, 0.05) is 5.56 Å². The molecule has 0 aliphatic carbocycles. The van der Waals surface area contributed by atoms with Crippen LogP contribution in [-0.4, -0.2) is 13.2 Å². The number of benzene rings is 1. The zero-order valence-corrected chi connectivity index (χ0v) is 12.6. The van der Waals surface area contributed by atoms with Crippen molar-refractivity contribution in [2.75, 3.05) is 13.2 Å². The molecule has 1 aliphatic rings. The highest BCUT2D eigenvalue weighted by molar-refractivity contribution is 5.40. The summed E-state index contributed by atoms with van der Waals surface area (Å²) in [7, 11) is 0. The zero-order chi connectivity index (χ0) is 14.4. The Balaban J connectivity index is 1.78. The first-order valence-corrected chi connectivity index (χ1v) is 7.72. The predicted octanol–water partition coefficient (Wildman–Crippen LogP) is 4.81. The molecule has 0 amide bonds. The predicted molar refractivity (Wildman–Crippen MR) is 78.6 cm³/mol. The first kappa shape index (κ1) is 15.3. The van der Waals surface area contributed by atoms with E-state index in [1.807, 2.05) is 6.92 Å². The minimum absolute atomic E-state index is 0.233. The molecule has 20 heavy (non-hydrogen) atoms. The van der Waals surface area contributed by atoms with Gasteiger partial charge in [-0.1, -0.05) is 39.0 Å². The highest BCUT2D eigenvalue weighted by Crippen LogP contribution is 2.43. The second kappa shape index (κ2) is 7.07. The third-order valence-electron chi connectivity index (χ3n) is 3.84. The van der Waals surface area contributed by atoms with Crippen molar-refractivity contribution in [2.45, 2.75) is 58.0 Å². The van der Waals surface area contributed by atoms with Gasteiger partial charge in [0.25, 0.3) is 0 Å². The van der Waals surface area contributed by atoms with E-state index >= 15 is 0 Å². The Hall–Kier alpha value is -1.09. The zero-order valence-electron chi connectivity index (χ0n) is 12.6. The number of rotatable bonds is 9. The van der Waals surface area contributed by atoms with Crippen LogP contribution < -0.4 is 4.74 Å². The third kappa shape index (κ3) is 4.20. The van der Waals surface area contributed by atoms with Crippen molar-refractivity contribution in [3.8, 4) is 5.75 Å². The molecule has 1 atom stereocenters. The van der Waals surface area contributed by atoms with Crippen LogP contribution in [0, 0.1) is 5.82 Å². The second-order valence-corrected chi connectivity index (χ2v) is 5.78. The summed E-state index contributed by atoms with van der Waals surface area (Å²) >= 11 is 0. The summed E-state index contributed by atoms with van der Waals surface area (Å²) in [6.07, 6.45) is 7.42. The molecule has 0 saturated carbocycles. The van der Waals surface area contributed by atoms with E-state index in [2.05, 4.69) is 6.92 Å². The molecule has 2 rings (SSSR count). The van der Waals surface area contributed by atoms with Crippen molar-refractivity contribution in [2.24, 2.45) is 0 Å². The summed E-state index contributed by atoms with van der Waals surface area (Å²) in [4.78, 5) is 0. The van der Waals surface area contributed by atoms with Crippen LogP contribution in [0.15, 0.2) is 18.2 Å². The monoisotopic (exact) mass is 280 g/mol. The van der Waals surface area contributed by atoms with Crippen LogP contribution in [0.2, 0.25) is 0 Å². The van der Waals surface area contributed by atoms with E-state index in [0.717, 1.165) is 17.7 Å². The maximum Gasteiger partial charge on any atom is 0.125 e. The number of hydrogen-bond acceptors (Lipinski definition) is 2. The number of hydrogen-bond donors (Lipinski definition) is 0. The first-order chi connectivity index (χ1) is 9.65. The molecule has 1 aliphatic heterocycles. The highest BCUT2D eigenvalue weighted by atomic mass is 19.1. The highest BCUT2D eigenvalue weighted by Gasteiger charge is 2.43. The summed E-state index contributed by atoms with van der Waals surface area (Å²) in [5.41, 5.74) is 0.488. The number of halogens is 1. The molecule has 0 bridgehead atoms. The van der Waals surface area contributed by atoms with Gasteiger partial charge in [-0.05, 0) is 31.5 Å². The Kier molecular flexibility index (Phi) is 5.41. The Morgan fingerprint density at radius 2 is 1.90 bits per heavy atom. The van der Waals surface area contributed by atoms with Crippen LogP contribution in [0.3, 0.4) is 0 Å². The van der Waals surface area contributed by atoms with Gasteiger partial charge in [0.05, 0.1) is 13.2 Å². The molecule has 0 radical (unpaired) electrons. The molecule has 1 fully saturated rings. The Labute approximate surface area is 121 Å². The van der Waals surface area contributed by atoms with Crippen molar-refractivity contribution in [3.05, 3.63) is 29.6 Å². The minimum atomic E-state index is -0.349. The van der Waals surface area contributed by atoms with E-state index in [9.17, 15) is 4.39 Å². The molecule has 3 heteroatoms. The van der Waals surface area contributed by atoms with Crippen molar-refractivity contribution in [3.63, 3.8) is 0 Å². The smallest absolute Gasteiger partial charge is 0.125 e. The number of unbranched alkanes of at least 4 members (excludes halogenated alkanes) is 5. The number of epoxide rings is 1. The topological polar surface area (TPSA) is 21.8 Å². The van der Waals surface area contributed by atoms with Crippen molar-refractivity contribution in [1.29, 1.82) is 0 Å². The fraction of sp³-hybridized carbons (Fsp3) is 0.647. The lowest BCUT2D eigenvalue weighted by Crippen LogP contribution is -2.08. The lowest BCUT2D eigenvalue weighted by atomic mass is 10.0. The van der Waals surface area contributed by atoms with E-state index in [-0.39, 0.29) is 11.4 Å². The molecule has 1 unspecified atom stereocenters. The first-order valence-electron chi connectivity index (χ1n) is 7.72. The molecule has 1 heterocycles. The van der Waals surface area contributed by atoms with Crippen LogP contribution in [0.4, 0.5) is 4.39 Å². The number of ether oxygens (including phenoxy) is 2. The fourth-order valence-electron chi connectivity index (χ4n) is 2.37. The SMILES string of the molecule is CCCCCCCCOc1ccc(F)cc1C1(C)CO1. The average molecular weight is 280 g/mol. The summed E-state index contributed by atoms with van der Waals surface area (Å²) in [6.45, 7) is 5.53. The maximum absolute atomic E-state index is 13.4. The van der Waals surface area contributed by atoms with E-state index in [1.54, 1.807) is 6.07 Å². The Bertz CT molecular complexity index is 427. The van der Waals surface area contributed by atoms with Gasteiger partial charge in [-0.3, -0.25) is 0 Å². The van der Waals surface area contributed by atoms with Gasteiger partial charge in [0.2, 0.25) is 0 Å². The molecular formula is C17H25FO2. The van der Waals surface area contributed by atoms with E-state index in [1.165, 1.54) is 44.2 Å². The molecule has 2 nitrogen and oxygen atoms in total. The maximum atomic E-state index is 13.4. The summed E-state index contributed by atoms with van der Waals surface area (Å²) < 4.78 is 24.6. The molecule has 0 aromatic heterocycles. The summed E-state index contributed by atoms with van der Waals surface area (Å²) in [5.74, 6) is 0.531. The Morgan fingerprint density at radius 3 is 2.60 bits per heavy atom. The molecule has 1 saturated heterocycles. The molecule has 0 N–H and O–H groups in total. The minimum Gasteiger partial charge on any atom is -0.493 e. The van der Waals surface area contributed by atoms with Crippen LogP contribution in [0.1, 0.15) is 57.9 Å². The largest absolute Gasteiger partial charge is 0.493 e. The van der Waals surface area contributed by atoms with Crippen molar-refractivity contribution in [1.82, 2.24) is 0 Å². The molecular weight excluding hydrogens is 255 g/mol. The average Bonchev–Trinajstić information content (AvgIpc) is 3.18. The third-order valence-corrected chi connectivity index (χ3v) is 3.84. The van der Waals surface area contributed by atoms with Crippen LogP contribution in [-0.2, 0) is 10.3 Å². The molecule has 112 valence electrons. The molecule has 0 spiro atoms. The van der Waals surface area contributed by atoms with E-state index in [0.29, 0.717) is 13.2 Å². The van der Waals surface area contributed by atoms with Gasteiger partial charge in [0.15, 0.2) is 0 Å². The van der Waals surface area contributed by atoms with Crippen LogP contribution in [0.5, 0.6) is 5.75 Å². The molecule has 1 aromatic carbocycles. The standard InChI is InChI=1S/C17H25FO2/c1-3-4-5-6-7-8-11-19-16-10-9-14(18)12-15(16)17(2)13-20-17/h9-10,12H,3-8,11,13H2,1-2H3. The van der Waals surface area contributed by atoms with Crippen LogP contribution >= 0.6 is 0 Å². The van der Waals surface area contributed by atoms with E-state index < -0.39 is 0 Å². The van der Waals surface area contributed by atoms with E-state index in [4.69, 9.17) is 9.47 Å². The second-order valence-electron chi connectivity index (χ2n) is 5.78. The summed E-state index contributed by atoms with van der Waals surface area (Å²) in [5, 5.41) is 0. The quantitative estimate of drug-likeness (QED) is 0.478. The van der Waals surface area contributed by atoms with Gasteiger partial charge in [-0.2, -0.15) is 0 Å². The van der Waals surface area contributed by atoms with Crippen LogP contribution in [0.25, 0.3) is 0 Å². The van der Waals surface area contributed by atoms with Crippen molar-refractivity contribution < 1.29 is 13.9 Å². The van der Waals surface area contributed by atoms with Gasteiger partial charge in [-0.15, -0.1) is 0 Å². The lowest BCUT2D eigenvalue weighted by molar-refractivity contribution is 0.280. The van der Waals surface area contributed by atoms with Gasteiger partial charge < -0.3 is 9.47 Å². The molecule has 1 aromatic rings.